The molecule has 0 bridgehead atoms. The van der Waals surface area contributed by atoms with E-state index in [0.717, 1.165) is 30.3 Å². The lowest BCUT2D eigenvalue weighted by Crippen LogP contribution is -2.20. The summed E-state index contributed by atoms with van der Waals surface area (Å²) in [5.41, 5.74) is 0.339. The first-order chi connectivity index (χ1) is 9.67. The summed E-state index contributed by atoms with van der Waals surface area (Å²) < 4.78 is 27.1. The van der Waals surface area contributed by atoms with Gasteiger partial charge in [0.1, 0.15) is 0 Å². The molecule has 2 aromatic rings. The van der Waals surface area contributed by atoms with E-state index >= 15 is 0 Å². The third kappa shape index (κ3) is 3.25. The summed E-state index contributed by atoms with van der Waals surface area (Å²) >= 11 is 1.52. The number of nitrogens with one attached hydrogen (secondary N) is 1. The molecule has 0 radical (unpaired) electrons. The van der Waals surface area contributed by atoms with Crippen molar-refractivity contribution in [1.82, 2.24) is 5.32 Å². The zero-order valence-electron chi connectivity index (χ0n) is 11.7. The Labute approximate surface area is 122 Å². The summed E-state index contributed by atoms with van der Waals surface area (Å²) in [6, 6.07) is 8.46. The van der Waals surface area contributed by atoms with Gasteiger partial charge < -0.3 is 5.32 Å². The molecule has 1 heterocycles. The van der Waals surface area contributed by atoms with Gasteiger partial charge in [0.25, 0.3) is 0 Å². The summed E-state index contributed by atoms with van der Waals surface area (Å²) in [6.07, 6.45) is 2.05. The van der Waals surface area contributed by atoms with Gasteiger partial charge in [-0.1, -0.05) is 26.0 Å². The van der Waals surface area contributed by atoms with Crippen molar-refractivity contribution in [2.75, 3.05) is 6.54 Å². The van der Waals surface area contributed by atoms with Crippen LogP contribution < -0.4 is 5.32 Å². The summed E-state index contributed by atoms with van der Waals surface area (Å²) in [5, 5.41) is 3.47. The highest BCUT2D eigenvalue weighted by molar-refractivity contribution is 7.15. The van der Waals surface area contributed by atoms with E-state index in [1.165, 1.54) is 16.2 Å². The average molecular weight is 295 g/mol. The fraction of sp³-hybridized carbons (Fsp3) is 0.375. The maximum Gasteiger partial charge on any atom is 0.167 e. The highest BCUT2D eigenvalue weighted by atomic mass is 32.1. The average Bonchev–Trinajstić information content (AvgIpc) is 2.92. The molecule has 2 rings (SSSR count). The second-order valence-electron chi connectivity index (χ2n) is 4.72. The molecule has 0 aliphatic carbocycles. The SMILES string of the molecule is CCCNC(CC)c1ccc(-c2cccc(F)c2F)s1. The van der Waals surface area contributed by atoms with Gasteiger partial charge in [-0.15, -0.1) is 11.3 Å². The Morgan fingerprint density at radius 3 is 2.65 bits per heavy atom. The lowest BCUT2D eigenvalue weighted by atomic mass is 10.1. The Balaban J connectivity index is 2.26. The van der Waals surface area contributed by atoms with Crippen molar-refractivity contribution in [3.05, 3.63) is 46.8 Å². The second-order valence-corrected chi connectivity index (χ2v) is 5.83. The van der Waals surface area contributed by atoms with Crippen LogP contribution in [0.2, 0.25) is 0 Å². The van der Waals surface area contributed by atoms with Gasteiger partial charge in [0.2, 0.25) is 0 Å². The summed E-state index contributed by atoms with van der Waals surface area (Å²) in [6.45, 7) is 5.21. The smallest absolute Gasteiger partial charge is 0.167 e. The van der Waals surface area contributed by atoms with Crippen molar-refractivity contribution >= 4 is 11.3 Å². The fourth-order valence-corrected chi connectivity index (χ4v) is 3.33. The molecular formula is C16H19F2NS. The van der Waals surface area contributed by atoms with Gasteiger partial charge in [0.15, 0.2) is 11.6 Å². The van der Waals surface area contributed by atoms with E-state index in [1.807, 2.05) is 12.1 Å². The molecule has 1 unspecified atom stereocenters. The number of rotatable bonds is 6. The molecule has 4 heteroatoms. The third-order valence-electron chi connectivity index (χ3n) is 3.24. The molecule has 0 aliphatic heterocycles. The van der Waals surface area contributed by atoms with E-state index in [0.29, 0.717) is 5.56 Å². The zero-order valence-corrected chi connectivity index (χ0v) is 12.6. The lowest BCUT2D eigenvalue weighted by Gasteiger charge is -2.14. The third-order valence-corrected chi connectivity index (χ3v) is 4.47. The molecule has 0 spiro atoms. The minimum atomic E-state index is -0.798. The maximum atomic E-state index is 13.8. The topological polar surface area (TPSA) is 12.0 Å². The van der Waals surface area contributed by atoms with Gasteiger partial charge in [0.05, 0.1) is 0 Å². The van der Waals surface area contributed by atoms with Crippen LogP contribution in [0.25, 0.3) is 10.4 Å². The molecule has 20 heavy (non-hydrogen) atoms. The Morgan fingerprint density at radius 2 is 1.95 bits per heavy atom. The normalized spacial score (nSPS) is 12.6. The minimum Gasteiger partial charge on any atom is -0.309 e. The molecule has 0 saturated heterocycles. The highest BCUT2D eigenvalue weighted by Gasteiger charge is 2.15. The summed E-state index contributed by atoms with van der Waals surface area (Å²) in [4.78, 5) is 1.94. The molecule has 0 fully saturated rings. The van der Waals surface area contributed by atoms with Crippen LogP contribution in [0.15, 0.2) is 30.3 Å². The number of benzene rings is 1. The maximum absolute atomic E-state index is 13.8. The predicted molar refractivity (Wildman–Crippen MR) is 81.0 cm³/mol. The van der Waals surface area contributed by atoms with Crippen LogP contribution >= 0.6 is 11.3 Å². The minimum absolute atomic E-state index is 0.283. The second kappa shape index (κ2) is 6.95. The molecule has 1 aromatic carbocycles. The summed E-state index contributed by atoms with van der Waals surface area (Å²) in [7, 11) is 0. The molecular weight excluding hydrogens is 276 g/mol. The number of thiophene rings is 1. The molecule has 1 aromatic heterocycles. The van der Waals surface area contributed by atoms with Crippen LogP contribution in [0.3, 0.4) is 0 Å². The van der Waals surface area contributed by atoms with E-state index in [4.69, 9.17) is 0 Å². The van der Waals surface area contributed by atoms with Crippen LogP contribution in [0, 0.1) is 11.6 Å². The van der Waals surface area contributed by atoms with Crippen molar-refractivity contribution in [2.24, 2.45) is 0 Å². The quantitative estimate of drug-likeness (QED) is 0.777. The number of hydrogen-bond donors (Lipinski definition) is 1. The van der Waals surface area contributed by atoms with Crippen molar-refractivity contribution in [2.45, 2.75) is 32.7 Å². The first kappa shape index (κ1) is 15.1. The zero-order chi connectivity index (χ0) is 14.5. The Kier molecular flexibility index (Phi) is 5.26. The largest absolute Gasteiger partial charge is 0.309 e. The van der Waals surface area contributed by atoms with Crippen molar-refractivity contribution in [1.29, 1.82) is 0 Å². The molecule has 1 atom stereocenters. The van der Waals surface area contributed by atoms with Crippen LogP contribution in [0.4, 0.5) is 8.78 Å². The van der Waals surface area contributed by atoms with E-state index in [1.54, 1.807) is 12.1 Å². The van der Waals surface area contributed by atoms with Crippen molar-refractivity contribution < 1.29 is 8.78 Å². The van der Waals surface area contributed by atoms with Crippen LogP contribution in [-0.4, -0.2) is 6.54 Å². The fourth-order valence-electron chi connectivity index (χ4n) is 2.14. The standard InChI is InChI=1S/C16H19F2NS/c1-3-10-19-13(4-2)15-9-8-14(20-15)11-6-5-7-12(17)16(11)18/h5-9,13,19H,3-4,10H2,1-2H3. The van der Waals surface area contributed by atoms with E-state index in [-0.39, 0.29) is 6.04 Å². The first-order valence-corrected chi connectivity index (χ1v) is 7.76. The number of hydrogen-bond acceptors (Lipinski definition) is 2. The summed E-state index contributed by atoms with van der Waals surface area (Å²) in [5.74, 6) is -1.57. The van der Waals surface area contributed by atoms with Crippen molar-refractivity contribution in [3.8, 4) is 10.4 Å². The van der Waals surface area contributed by atoms with E-state index < -0.39 is 11.6 Å². The van der Waals surface area contributed by atoms with Crippen molar-refractivity contribution in [3.63, 3.8) is 0 Å². The van der Waals surface area contributed by atoms with E-state index in [9.17, 15) is 8.78 Å². The van der Waals surface area contributed by atoms with Gasteiger partial charge in [-0.3, -0.25) is 0 Å². The van der Waals surface area contributed by atoms with Gasteiger partial charge in [-0.25, -0.2) is 8.78 Å². The predicted octanol–water partition coefficient (Wildman–Crippen LogP) is 5.14. The van der Waals surface area contributed by atoms with E-state index in [2.05, 4.69) is 19.2 Å². The molecule has 0 amide bonds. The van der Waals surface area contributed by atoms with Gasteiger partial charge >= 0.3 is 0 Å². The lowest BCUT2D eigenvalue weighted by molar-refractivity contribution is 0.511. The monoisotopic (exact) mass is 295 g/mol. The first-order valence-electron chi connectivity index (χ1n) is 6.94. The van der Waals surface area contributed by atoms with Gasteiger partial charge in [-0.2, -0.15) is 0 Å². The Bertz CT molecular complexity index is 565. The molecule has 1 nitrogen and oxygen atoms in total. The Hall–Kier alpha value is -1.26. The molecule has 108 valence electrons. The number of halogens is 2. The molecule has 1 N–H and O–H groups in total. The van der Waals surface area contributed by atoms with Crippen LogP contribution in [0.5, 0.6) is 0 Å². The van der Waals surface area contributed by atoms with Gasteiger partial charge in [-0.05, 0) is 37.6 Å². The highest BCUT2D eigenvalue weighted by Crippen LogP contribution is 2.34. The van der Waals surface area contributed by atoms with Crippen LogP contribution in [-0.2, 0) is 0 Å². The van der Waals surface area contributed by atoms with Crippen LogP contribution in [0.1, 0.15) is 37.6 Å². The molecule has 0 saturated carbocycles. The molecule has 0 aliphatic rings. The Morgan fingerprint density at radius 1 is 1.15 bits per heavy atom. The van der Waals surface area contributed by atoms with Gasteiger partial charge in [0, 0.05) is 21.4 Å².